The highest BCUT2D eigenvalue weighted by Gasteiger charge is 2.14. The van der Waals surface area contributed by atoms with Crippen LogP contribution in [0.3, 0.4) is 0 Å². The van der Waals surface area contributed by atoms with Gasteiger partial charge in [0.05, 0.1) is 5.52 Å². The Labute approximate surface area is 98.1 Å². The van der Waals surface area contributed by atoms with E-state index < -0.39 is 0 Å². The number of hydrogen-bond donors (Lipinski definition) is 0. The number of likely N-dealkylation sites (N-methyl/N-ethyl adjacent to an activating group) is 1. The second-order valence-corrected chi connectivity index (χ2v) is 4.06. The maximum atomic E-state index is 12.0. The number of carbonyl (C=O) groups is 1. The van der Waals surface area contributed by atoms with Crippen molar-refractivity contribution in [3.05, 3.63) is 28.8 Å². The van der Waals surface area contributed by atoms with Crippen molar-refractivity contribution in [1.82, 2.24) is 19.0 Å². The molecule has 0 atom stereocenters. The Hall–Kier alpha value is -2.11. The second kappa shape index (κ2) is 4.04. The summed E-state index contributed by atoms with van der Waals surface area (Å²) in [6.07, 6.45) is 1.62. The zero-order chi connectivity index (χ0) is 12.6. The summed E-state index contributed by atoms with van der Waals surface area (Å²) in [5, 5.41) is 0. The molecule has 6 heteroatoms. The largest absolute Gasteiger partial charge is 0.347 e. The number of rotatable bonds is 2. The molecule has 2 aromatic rings. The highest BCUT2D eigenvalue weighted by Crippen LogP contribution is 2.08. The van der Waals surface area contributed by atoms with E-state index in [2.05, 4.69) is 4.98 Å². The molecule has 0 spiro atoms. The summed E-state index contributed by atoms with van der Waals surface area (Å²) in [5.41, 5.74) is 1.04. The van der Waals surface area contributed by atoms with Gasteiger partial charge in [-0.3, -0.25) is 13.9 Å². The van der Waals surface area contributed by atoms with E-state index in [4.69, 9.17) is 0 Å². The molecule has 0 unspecified atom stereocenters. The molecule has 0 radical (unpaired) electrons. The first kappa shape index (κ1) is 11.4. The molecule has 6 nitrogen and oxygen atoms in total. The number of carbonyl (C=O) groups excluding carboxylic acids is 1. The van der Waals surface area contributed by atoms with E-state index in [1.54, 1.807) is 39.5 Å². The van der Waals surface area contributed by atoms with Gasteiger partial charge in [-0.05, 0) is 12.1 Å². The molecular weight excluding hydrogens is 220 g/mol. The van der Waals surface area contributed by atoms with Gasteiger partial charge in [0.2, 0.25) is 5.91 Å². The average Bonchev–Trinajstić information content (AvgIpc) is 2.55. The Morgan fingerprint density at radius 3 is 2.82 bits per heavy atom. The minimum absolute atomic E-state index is 0.0366. The summed E-state index contributed by atoms with van der Waals surface area (Å²) < 4.78 is 2.88. The molecule has 0 aliphatic heterocycles. The lowest BCUT2D eigenvalue weighted by Crippen LogP contribution is -2.31. The van der Waals surface area contributed by atoms with Gasteiger partial charge < -0.3 is 4.90 Å². The molecule has 0 saturated heterocycles. The van der Waals surface area contributed by atoms with Gasteiger partial charge in [-0.25, -0.2) is 9.78 Å². The fourth-order valence-electron chi connectivity index (χ4n) is 1.66. The number of aromatic nitrogens is 3. The zero-order valence-electron chi connectivity index (χ0n) is 10.0. The van der Waals surface area contributed by atoms with E-state index in [1.165, 1.54) is 14.0 Å². The summed E-state index contributed by atoms with van der Waals surface area (Å²) >= 11 is 0. The highest BCUT2D eigenvalue weighted by molar-refractivity contribution is 5.78. The van der Waals surface area contributed by atoms with E-state index in [0.717, 1.165) is 0 Å². The summed E-state index contributed by atoms with van der Waals surface area (Å²) in [4.78, 5) is 29.2. The van der Waals surface area contributed by atoms with Crippen LogP contribution in [0.5, 0.6) is 0 Å². The lowest BCUT2D eigenvalue weighted by molar-refractivity contribution is -0.129. The standard InChI is InChI=1S/C11H14N4O2/c1-13(2)9(16)7-15-8-5-4-6-12-10(8)14(3)11(15)17/h4-6H,7H2,1-3H3. The van der Waals surface area contributed by atoms with Gasteiger partial charge in [-0.15, -0.1) is 0 Å². The fourth-order valence-corrected chi connectivity index (χ4v) is 1.66. The van der Waals surface area contributed by atoms with Crippen molar-refractivity contribution < 1.29 is 4.79 Å². The van der Waals surface area contributed by atoms with Gasteiger partial charge in [0, 0.05) is 27.3 Å². The predicted molar refractivity (Wildman–Crippen MR) is 63.7 cm³/mol. The van der Waals surface area contributed by atoms with Crippen LogP contribution >= 0.6 is 0 Å². The number of amides is 1. The molecule has 1 amide bonds. The number of fused-ring (bicyclic) bond motifs is 1. The van der Waals surface area contributed by atoms with Gasteiger partial charge in [0.1, 0.15) is 6.54 Å². The molecule has 0 aliphatic carbocycles. The SMILES string of the molecule is CN(C)C(=O)Cn1c(=O)n(C)c2ncccc21. The average molecular weight is 234 g/mol. The molecule has 0 bridgehead atoms. The van der Waals surface area contributed by atoms with Gasteiger partial charge >= 0.3 is 5.69 Å². The van der Waals surface area contributed by atoms with Gasteiger partial charge in [-0.2, -0.15) is 0 Å². The Bertz CT molecular complexity index is 624. The summed E-state index contributed by atoms with van der Waals surface area (Å²) in [5.74, 6) is -0.122. The Morgan fingerprint density at radius 2 is 2.18 bits per heavy atom. The summed E-state index contributed by atoms with van der Waals surface area (Å²) in [7, 11) is 4.97. The smallest absolute Gasteiger partial charge is 0.330 e. The molecule has 0 fully saturated rings. The third-order valence-corrected chi connectivity index (χ3v) is 2.68. The van der Waals surface area contributed by atoms with Crippen molar-refractivity contribution in [2.75, 3.05) is 14.1 Å². The first-order chi connectivity index (χ1) is 8.02. The Morgan fingerprint density at radius 1 is 1.47 bits per heavy atom. The van der Waals surface area contributed by atoms with Crippen LogP contribution in [0.15, 0.2) is 23.1 Å². The molecule has 0 aromatic carbocycles. The minimum Gasteiger partial charge on any atom is -0.347 e. The molecule has 0 aliphatic rings. The summed E-state index contributed by atoms with van der Waals surface area (Å²) in [6.45, 7) is 0.0366. The van der Waals surface area contributed by atoms with Crippen molar-refractivity contribution in [2.24, 2.45) is 7.05 Å². The zero-order valence-corrected chi connectivity index (χ0v) is 10.0. The first-order valence-electron chi connectivity index (χ1n) is 5.22. The van der Waals surface area contributed by atoms with Crippen LogP contribution in [-0.4, -0.2) is 39.0 Å². The highest BCUT2D eigenvalue weighted by atomic mass is 16.2. The lowest BCUT2D eigenvalue weighted by Gasteiger charge is -2.10. The normalized spacial score (nSPS) is 10.8. The Kier molecular flexibility index (Phi) is 2.71. The topological polar surface area (TPSA) is 60.1 Å². The van der Waals surface area contributed by atoms with Crippen molar-refractivity contribution >= 4 is 17.1 Å². The van der Waals surface area contributed by atoms with E-state index in [-0.39, 0.29) is 18.1 Å². The molecule has 17 heavy (non-hydrogen) atoms. The lowest BCUT2D eigenvalue weighted by atomic mass is 10.4. The van der Waals surface area contributed by atoms with Gasteiger partial charge in [-0.1, -0.05) is 0 Å². The molecule has 90 valence electrons. The van der Waals surface area contributed by atoms with E-state index in [9.17, 15) is 9.59 Å². The fraction of sp³-hybridized carbons (Fsp3) is 0.364. The van der Waals surface area contributed by atoms with Crippen LogP contribution in [0.25, 0.3) is 11.2 Å². The third kappa shape index (κ3) is 1.82. The van der Waals surface area contributed by atoms with Crippen LogP contribution in [0.1, 0.15) is 0 Å². The van der Waals surface area contributed by atoms with Crippen molar-refractivity contribution in [2.45, 2.75) is 6.54 Å². The molecule has 2 rings (SSSR count). The minimum atomic E-state index is -0.228. The van der Waals surface area contributed by atoms with Crippen LogP contribution in [0.4, 0.5) is 0 Å². The Balaban J connectivity index is 2.58. The van der Waals surface area contributed by atoms with E-state index in [1.807, 2.05) is 0 Å². The molecule has 2 aromatic heterocycles. The molecule has 0 N–H and O–H groups in total. The maximum Gasteiger partial charge on any atom is 0.330 e. The van der Waals surface area contributed by atoms with Gasteiger partial charge in [0.25, 0.3) is 0 Å². The quantitative estimate of drug-likeness (QED) is 0.724. The van der Waals surface area contributed by atoms with Gasteiger partial charge in [0.15, 0.2) is 5.65 Å². The third-order valence-electron chi connectivity index (χ3n) is 2.68. The van der Waals surface area contributed by atoms with Crippen LogP contribution < -0.4 is 5.69 Å². The number of aryl methyl sites for hydroxylation is 1. The number of pyridine rings is 1. The molecular formula is C11H14N4O2. The van der Waals surface area contributed by atoms with Crippen molar-refractivity contribution in [1.29, 1.82) is 0 Å². The van der Waals surface area contributed by atoms with E-state index in [0.29, 0.717) is 11.2 Å². The first-order valence-corrected chi connectivity index (χ1v) is 5.22. The number of nitrogens with zero attached hydrogens (tertiary/aromatic N) is 4. The van der Waals surface area contributed by atoms with E-state index >= 15 is 0 Å². The van der Waals surface area contributed by atoms with Crippen LogP contribution in [0, 0.1) is 0 Å². The van der Waals surface area contributed by atoms with Crippen molar-refractivity contribution in [3.63, 3.8) is 0 Å². The molecule has 2 heterocycles. The monoisotopic (exact) mass is 234 g/mol. The van der Waals surface area contributed by atoms with Crippen molar-refractivity contribution in [3.8, 4) is 0 Å². The van der Waals surface area contributed by atoms with Crippen LogP contribution in [-0.2, 0) is 18.4 Å². The molecule has 0 saturated carbocycles. The summed E-state index contributed by atoms with van der Waals surface area (Å²) in [6, 6.07) is 3.53. The maximum absolute atomic E-state index is 12.0. The predicted octanol–water partition coefficient (Wildman–Crippen LogP) is -0.177. The number of hydrogen-bond acceptors (Lipinski definition) is 3. The number of imidazole rings is 1. The second-order valence-electron chi connectivity index (χ2n) is 4.06. The van der Waals surface area contributed by atoms with Crippen LogP contribution in [0.2, 0.25) is 0 Å².